The first-order chi connectivity index (χ1) is 11.5. The van der Waals surface area contributed by atoms with Crippen molar-refractivity contribution in [1.82, 2.24) is 9.64 Å². The molecule has 1 N–H and O–H groups in total. The highest BCUT2D eigenvalue weighted by molar-refractivity contribution is 6.04. The van der Waals surface area contributed by atoms with E-state index in [4.69, 9.17) is 4.52 Å². The number of piperazine rings is 1. The summed E-state index contributed by atoms with van der Waals surface area (Å²) in [5.74, 6) is -0.450. The molecule has 24 heavy (non-hydrogen) atoms. The van der Waals surface area contributed by atoms with Crippen LogP contribution in [0.25, 0.3) is 0 Å². The molecule has 1 aromatic heterocycles. The average molecular weight is 330 g/mol. The Morgan fingerprint density at radius 2 is 1.71 bits per heavy atom. The number of nitrogens with one attached hydrogen (secondary N) is 1. The highest BCUT2D eigenvalue weighted by Crippen LogP contribution is 2.19. The fraction of sp³-hybridized carbons (Fsp3) is 0.412. The minimum absolute atomic E-state index is 0.0423. The van der Waals surface area contributed by atoms with Crippen LogP contribution < -0.4 is 15.8 Å². The first-order valence-electron chi connectivity index (χ1n) is 7.97. The van der Waals surface area contributed by atoms with E-state index in [1.54, 1.807) is 14.0 Å². The van der Waals surface area contributed by atoms with Crippen LogP contribution in [0.4, 0.5) is 11.4 Å². The van der Waals surface area contributed by atoms with Gasteiger partial charge in [-0.25, -0.2) is 9.53 Å². The maximum absolute atomic E-state index is 12.3. The van der Waals surface area contributed by atoms with Crippen LogP contribution in [0, 0.1) is 6.92 Å². The summed E-state index contributed by atoms with van der Waals surface area (Å²) in [6, 6.07) is 7.68. The van der Waals surface area contributed by atoms with Gasteiger partial charge >= 0.3 is 5.63 Å². The van der Waals surface area contributed by atoms with Crippen molar-refractivity contribution in [3.63, 3.8) is 0 Å². The second-order valence-electron chi connectivity index (χ2n) is 6.13. The van der Waals surface area contributed by atoms with E-state index in [1.807, 2.05) is 24.3 Å². The summed E-state index contributed by atoms with van der Waals surface area (Å²) in [4.78, 5) is 28.6. The predicted octanol–water partition coefficient (Wildman–Crippen LogP) is 1.29. The van der Waals surface area contributed by atoms with Crippen LogP contribution in [0.2, 0.25) is 0 Å². The van der Waals surface area contributed by atoms with Crippen LogP contribution >= 0.6 is 0 Å². The van der Waals surface area contributed by atoms with Crippen molar-refractivity contribution in [1.29, 1.82) is 0 Å². The summed E-state index contributed by atoms with van der Waals surface area (Å²) in [5, 5.41) is 2.75. The number of amides is 1. The fourth-order valence-corrected chi connectivity index (χ4v) is 2.81. The summed E-state index contributed by atoms with van der Waals surface area (Å²) in [5.41, 5.74) is 1.71. The molecule has 1 amide bonds. The molecule has 0 saturated carbocycles. The molecular formula is C17H22N4O3. The molecule has 2 heterocycles. The third kappa shape index (κ3) is 3.21. The lowest BCUT2D eigenvalue weighted by atomic mass is 10.2. The molecular weight excluding hydrogens is 308 g/mol. The standard InChI is InChI=1S/C17H22N4O3/c1-12-15(17(23)24-20(12)3)16(22)18-13-4-6-14(7-5-13)21-10-8-19(2)9-11-21/h4-7H,8-11H2,1-3H3,(H,18,22). The minimum atomic E-state index is -0.624. The molecule has 1 aliphatic rings. The van der Waals surface area contributed by atoms with Gasteiger partial charge in [0, 0.05) is 44.6 Å². The molecule has 1 aliphatic heterocycles. The van der Waals surface area contributed by atoms with Gasteiger partial charge in [-0.15, -0.1) is 0 Å². The van der Waals surface area contributed by atoms with Gasteiger partial charge in [-0.05, 0) is 38.2 Å². The highest BCUT2D eigenvalue weighted by Gasteiger charge is 2.20. The molecule has 0 aliphatic carbocycles. The SMILES string of the molecule is Cc1c(C(=O)Nc2ccc(N3CCN(C)CC3)cc2)c(=O)on1C. The number of rotatable bonds is 3. The highest BCUT2D eigenvalue weighted by atomic mass is 16.5. The van der Waals surface area contributed by atoms with Gasteiger partial charge in [-0.2, -0.15) is 0 Å². The minimum Gasteiger partial charge on any atom is -0.369 e. The smallest absolute Gasteiger partial charge is 0.369 e. The third-order valence-electron chi connectivity index (χ3n) is 4.48. The quantitative estimate of drug-likeness (QED) is 0.918. The predicted molar refractivity (Wildman–Crippen MR) is 92.8 cm³/mol. The van der Waals surface area contributed by atoms with E-state index in [0.29, 0.717) is 11.4 Å². The van der Waals surface area contributed by atoms with E-state index in [9.17, 15) is 9.59 Å². The van der Waals surface area contributed by atoms with Crippen molar-refractivity contribution < 1.29 is 9.32 Å². The maximum Gasteiger partial charge on any atom is 0.370 e. The summed E-state index contributed by atoms with van der Waals surface area (Å²) in [7, 11) is 3.72. The number of anilines is 2. The zero-order chi connectivity index (χ0) is 17.3. The molecule has 0 radical (unpaired) electrons. The summed E-state index contributed by atoms with van der Waals surface area (Å²) in [6.45, 7) is 5.75. The monoisotopic (exact) mass is 330 g/mol. The van der Waals surface area contributed by atoms with E-state index in [2.05, 4.69) is 22.2 Å². The largest absolute Gasteiger partial charge is 0.370 e. The van der Waals surface area contributed by atoms with Crippen LogP contribution in [0.3, 0.4) is 0 Å². The van der Waals surface area contributed by atoms with Gasteiger partial charge in [-0.3, -0.25) is 4.79 Å². The molecule has 0 spiro atoms. The van der Waals surface area contributed by atoms with Crippen molar-refractivity contribution >= 4 is 17.3 Å². The number of benzene rings is 1. The Balaban J connectivity index is 1.70. The van der Waals surface area contributed by atoms with E-state index in [0.717, 1.165) is 31.9 Å². The zero-order valence-electron chi connectivity index (χ0n) is 14.2. The van der Waals surface area contributed by atoms with E-state index >= 15 is 0 Å². The molecule has 7 heteroatoms. The molecule has 0 bridgehead atoms. The van der Waals surface area contributed by atoms with Crippen LogP contribution in [0.1, 0.15) is 16.1 Å². The molecule has 0 atom stereocenters. The first kappa shape index (κ1) is 16.3. The molecule has 128 valence electrons. The average Bonchev–Trinajstić information content (AvgIpc) is 2.81. The van der Waals surface area contributed by atoms with Crippen LogP contribution in [-0.4, -0.2) is 48.8 Å². The lowest BCUT2D eigenvalue weighted by Crippen LogP contribution is -2.44. The molecule has 7 nitrogen and oxygen atoms in total. The van der Waals surface area contributed by atoms with Crippen molar-refractivity contribution in [2.24, 2.45) is 7.05 Å². The molecule has 2 aromatic rings. The zero-order valence-corrected chi connectivity index (χ0v) is 14.2. The van der Waals surface area contributed by atoms with Crippen LogP contribution in [0.15, 0.2) is 33.6 Å². The van der Waals surface area contributed by atoms with Gasteiger partial charge in [0.25, 0.3) is 5.91 Å². The van der Waals surface area contributed by atoms with Crippen molar-refractivity contribution in [2.75, 3.05) is 43.4 Å². The topological polar surface area (TPSA) is 70.7 Å². The van der Waals surface area contributed by atoms with Crippen molar-refractivity contribution in [3.8, 4) is 0 Å². The van der Waals surface area contributed by atoms with Gasteiger partial charge in [-0.1, -0.05) is 0 Å². The van der Waals surface area contributed by atoms with Gasteiger partial charge in [0.2, 0.25) is 0 Å². The number of hydrogen-bond donors (Lipinski definition) is 1. The van der Waals surface area contributed by atoms with Crippen LogP contribution in [-0.2, 0) is 7.05 Å². The van der Waals surface area contributed by atoms with Gasteiger partial charge in [0.05, 0.1) is 5.69 Å². The Labute approximate surface area is 140 Å². The summed E-state index contributed by atoms with van der Waals surface area (Å²) >= 11 is 0. The number of carbonyl (C=O) groups excluding carboxylic acids is 1. The Bertz CT molecular complexity index is 783. The molecule has 1 aromatic carbocycles. The van der Waals surface area contributed by atoms with Crippen molar-refractivity contribution in [3.05, 3.63) is 45.9 Å². The molecule has 3 rings (SSSR count). The Morgan fingerprint density at radius 1 is 1.08 bits per heavy atom. The van der Waals surface area contributed by atoms with Gasteiger partial charge in [0.1, 0.15) is 5.56 Å². The number of likely N-dealkylation sites (N-methyl/N-ethyl adjacent to an activating group) is 1. The molecule has 1 saturated heterocycles. The van der Waals surface area contributed by atoms with E-state index in [1.165, 1.54) is 4.74 Å². The van der Waals surface area contributed by atoms with Gasteiger partial charge < -0.3 is 19.6 Å². The Morgan fingerprint density at radius 3 is 2.25 bits per heavy atom. The molecule has 0 unspecified atom stereocenters. The van der Waals surface area contributed by atoms with E-state index in [-0.39, 0.29) is 5.56 Å². The number of hydrogen-bond acceptors (Lipinski definition) is 5. The van der Waals surface area contributed by atoms with Crippen molar-refractivity contribution in [2.45, 2.75) is 6.92 Å². The first-order valence-corrected chi connectivity index (χ1v) is 7.97. The summed E-state index contributed by atoms with van der Waals surface area (Å²) < 4.78 is 6.20. The second kappa shape index (κ2) is 6.52. The summed E-state index contributed by atoms with van der Waals surface area (Å²) in [6.07, 6.45) is 0. The maximum atomic E-state index is 12.3. The van der Waals surface area contributed by atoms with E-state index < -0.39 is 11.5 Å². The molecule has 1 fully saturated rings. The van der Waals surface area contributed by atoms with Gasteiger partial charge in [0.15, 0.2) is 0 Å². The number of carbonyl (C=O) groups is 1. The number of aromatic nitrogens is 1. The fourth-order valence-electron chi connectivity index (χ4n) is 2.81. The third-order valence-corrected chi connectivity index (χ3v) is 4.48. The lowest BCUT2D eigenvalue weighted by Gasteiger charge is -2.34. The number of nitrogens with zero attached hydrogens (tertiary/aromatic N) is 3. The number of aryl methyl sites for hydroxylation is 1. The Kier molecular flexibility index (Phi) is 4.44. The lowest BCUT2D eigenvalue weighted by molar-refractivity contribution is 0.102. The van der Waals surface area contributed by atoms with Crippen LogP contribution in [0.5, 0.6) is 0 Å². The second-order valence-corrected chi connectivity index (χ2v) is 6.13. The Hall–Kier alpha value is -2.54. The normalized spacial score (nSPS) is 15.5.